The lowest BCUT2D eigenvalue weighted by molar-refractivity contribution is -0.122. The summed E-state index contributed by atoms with van der Waals surface area (Å²) in [5, 5.41) is 1.31. The van der Waals surface area contributed by atoms with E-state index >= 15 is 0 Å². The van der Waals surface area contributed by atoms with Crippen molar-refractivity contribution in [2.45, 2.75) is 26.3 Å². The van der Waals surface area contributed by atoms with Gasteiger partial charge in [-0.05, 0) is 55.8 Å². The van der Waals surface area contributed by atoms with E-state index in [1.54, 1.807) is 37.3 Å². The average molecular weight is 477 g/mol. The molecule has 0 saturated carbocycles. The Morgan fingerprint density at radius 3 is 2.47 bits per heavy atom. The lowest BCUT2D eigenvalue weighted by Crippen LogP contribution is -2.54. The maximum atomic E-state index is 13.5. The zero-order valence-corrected chi connectivity index (χ0v) is 19.2. The summed E-state index contributed by atoms with van der Waals surface area (Å²) in [7, 11) is 0. The quantitative estimate of drug-likeness (QED) is 0.459. The second kappa shape index (κ2) is 9.44. The number of carbonyl (C=O) groups excluding carboxylic acids is 4. The maximum absolute atomic E-state index is 13.5. The van der Waals surface area contributed by atoms with Crippen molar-refractivity contribution in [3.05, 3.63) is 94.3 Å². The van der Waals surface area contributed by atoms with E-state index in [0.29, 0.717) is 16.3 Å². The molecule has 8 nitrogen and oxygen atoms in total. The molecule has 34 heavy (non-hydrogen) atoms. The first-order valence-corrected chi connectivity index (χ1v) is 10.9. The third kappa shape index (κ3) is 4.53. The van der Waals surface area contributed by atoms with Crippen LogP contribution in [-0.4, -0.2) is 39.7 Å². The van der Waals surface area contributed by atoms with Gasteiger partial charge in [0, 0.05) is 28.5 Å². The van der Waals surface area contributed by atoms with Gasteiger partial charge in [-0.3, -0.25) is 29.6 Å². The molecule has 172 valence electrons. The van der Waals surface area contributed by atoms with Crippen LogP contribution in [0.15, 0.2) is 67.0 Å². The fourth-order valence-corrected chi connectivity index (χ4v) is 3.93. The summed E-state index contributed by atoms with van der Waals surface area (Å²) in [5.41, 5.74) is 4.89. The van der Waals surface area contributed by atoms with E-state index in [1.165, 1.54) is 30.6 Å². The third-order valence-corrected chi connectivity index (χ3v) is 5.73. The van der Waals surface area contributed by atoms with Crippen molar-refractivity contribution >= 4 is 40.9 Å². The molecule has 1 atom stereocenters. The Bertz CT molecular complexity index is 1300. The van der Waals surface area contributed by atoms with Crippen LogP contribution in [0, 0.1) is 13.8 Å². The second-order valence-electron chi connectivity index (χ2n) is 7.94. The Kier molecular flexibility index (Phi) is 6.43. The molecule has 1 aliphatic rings. The van der Waals surface area contributed by atoms with Crippen molar-refractivity contribution in [2.75, 3.05) is 4.90 Å². The fourth-order valence-electron chi connectivity index (χ4n) is 3.76. The van der Waals surface area contributed by atoms with Crippen LogP contribution in [0.1, 0.15) is 38.3 Å². The lowest BCUT2D eigenvalue weighted by atomic mass is 10.1. The van der Waals surface area contributed by atoms with Gasteiger partial charge < -0.3 is 0 Å². The lowest BCUT2D eigenvalue weighted by Gasteiger charge is -2.28. The van der Waals surface area contributed by atoms with Gasteiger partial charge >= 0.3 is 0 Å². The SMILES string of the molecule is Cc1cccc(C(=O)N(NC(=O)c2ccncc2)C2CC(=O)N(c3cc(Cl)ccc3C)C2=O)c1. The number of hydrogen-bond acceptors (Lipinski definition) is 5. The number of imide groups is 1. The minimum absolute atomic E-state index is 0.247. The number of aryl methyl sites for hydroxylation is 2. The highest BCUT2D eigenvalue weighted by molar-refractivity contribution is 6.31. The Labute approximate surface area is 201 Å². The van der Waals surface area contributed by atoms with Crippen molar-refractivity contribution in [3.8, 4) is 0 Å². The van der Waals surface area contributed by atoms with E-state index < -0.39 is 29.7 Å². The van der Waals surface area contributed by atoms with Crippen molar-refractivity contribution in [2.24, 2.45) is 0 Å². The van der Waals surface area contributed by atoms with Gasteiger partial charge in [0.15, 0.2) is 0 Å². The summed E-state index contributed by atoms with van der Waals surface area (Å²) in [6, 6.07) is 13.4. The number of halogens is 1. The topological polar surface area (TPSA) is 99.7 Å². The Balaban J connectivity index is 1.71. The second-order valence-corrected chi connectivity index (χ2v) is 8.38. The molecule has 2 aromatic carbocycles. The van der Waals surface area contributed by atoms with Gasteiger partial charge in [0.2, 0.25) is 5.91 Å². The van der Waals surface area contributed by atoms with Gasteiger partial charge in [-0.1, -0.05) is 35.4 Å². The maximum Gasteiger partial charge on any atom is 0.273 e. The number of benzene rings is 2. The molecule has 1 aliphatic heterocycles. The summed E-state index contributed by atoms with van der Waals surface area (Å²) < 4.78 is 0. The van der Waals surface area contributed by atoms with Crippen molar-refractivity contribution in [1.82, 2.24) is 15.4 Å². The number of aromatic nitrogens is 1. The van der Waals surface area contributed by atoms with E-state index in [2.05, 4.69) is 10.4 Å². The number of nitrogens with one attached hydrogen (secondary N) is 1. The smallest absolute Gasteiger partial charge is 0.273 e. The average Bonchev–Trinajstić information content (AvgIpc) is 3.12. The van der Waals surface area contributed by atoms with Gasteiger partial charge in [0.05, 0.1) is 12.1 Å². The van der Waals surface area contributed by atoms with Crippen molar-refractivity contribution in [3.63, 3.8) is 0 Å². The van der Waals surface area contributed by atoms with Gasteiger partial charge in [-0.25, -0.2) is 9.91 Å². The fraction of sp³-hybridized carbons (Fsp3) is 0.160. The highest BCUT2D eigenvalue weighted by atomic mass is 35.5. The van der Waals surface area contributed by atoms with E-state index in [-0.39, 0.29) is 17.5 Å². The molecule has 1 N–H and O–H groups in total. The molecule has 1 unspecified atom stereocenters. The van der Waals surface area contributed by atoms with Crippen molar-refractivity contribution in [1.29, 1.82) is 0 Å². The highest BCUT2D eigenvalue weighted by Gasteiger charge is 2.46. The predicted octanol–water partition coefficient (Wildman–Crippen LogP) is 3.47. The van der Waals surface area contributed by atoms with Crippen LogP contribution in [0.3, 0.4) is 0 Å². The van der Waals surface area contributed by atoms with Crippen LogP contribution in [0.4, 0.5) is 5.69 Å². The van der Waals surface area contributed by atoms with Crippen LogP contribution in [0.2, 0.25) is 5.02 Å². The summed E-state index contributed by atoms with van der Waals surface area (Å²) in [5.74, 6) is -2.35. The van der Waals surface area contributed by atoms with Gasteiger partial charge in [-0.15, -0.1) is 0 Å². The molecule has 1 aromatic heterocycles. The van der Waals surface area contributed by atoms with Gasteiger partial charge in [0.25, 0.3) is 17.7 Å². The van der Waals surface area contributed by atoms with Crippen LogP contribution in [0.5, 0.6) is 0 Å². The Morgan fingerprint density at radius 2 is 1.76 bits per heavy atom. The molecule has 1 saturated heterocycles. The van der Waals surface area contributed by atoms with E-state index in [0.717, 1.165) is 15.5 Å². The molecule has 0 spiro atoms. The number of anilines is 1. The Hall–Kier alpha value is -4.04. The van der Waals surface area contributed by atoms with E-state index in [1.807, 2.05) is 13.0 Å². The standard InChI is InChI=1S/C25H21ClN4O4/c1-15-4-3-5-18(12-15)24(33)30(28-23(32)17-8-10-27-11-9-17)21-14-22(31)29(25(21)34)20-13-19(26)7-6-16(20)2/h3-13,21H,14H2,1-2H3,(H,28,32). The molecule has 0 radical (unpaired) electrons. The first-order chi connectivity index (χ1) is 16.3. The molecule has 9 heteroatoms. The first-order valence-electron chi connectivity index (χ1n) is 10.5. The third-order valence-electron chi connectivity index (χ3n) is 5.49. The normalized spacial score (nSPS) is 15.4. The molecular weight excluding hydrogens is 456 g/mol. The molecular formula is C25H21ClN4O4. The summed E-state index contributed by atoms with van der Waals surface area (Å²) in [4.78, 5) is 57.6. The number of carbonyl (C=O) groups is 4. The number of nitrogens with zero attached hydrogens (tertiary/aromatic N) is 3. The molecule has 3 aromatic rings. The highest BCUT2D eigenvalue weighted by Crippen LogP contribution is 2.30. The minimum Gasteiger partial charge on any atom is -0.274 e. The van der Waals surface area contributed by atoms with Gasteiger partial charge in [0.1, 0.15) is 6.04 Å². The number of pyridine rings is 1. The molecule has 1 fully saturated rings. The predicted molar refractivity (Wildman–Crippen MR) is 126 cm³/mol. The Morgan fingerprint density at radius 1 is 1.03 bits per heavy atom. The van der Waals surface area contributed by atoms with Gasteiger partial charge in [-0.2, -0.15) is 0 Å². The van der Waals surface area contributed by atoms with Crippen LogP contribution in [-0.2, 0) is 9.59 Å². The minimum atomic E-state index is -1.23. The van der Waals surface area contributed by atoms with Crippen molar-refractivity contribution < 1.29 is 19.2 Å². The zero-order chi connectivity index (χ0) is 24.4. The van der Waals surface area contributed by atoms with Crippen LogP contribution in [0.25, 0.3) is 0 Å². The van der Waals surface area contributed by atoms with E-state index in [9.17, 15) is 19.2 Å². The largest absolute Gasteiger partial charge is 0.274 e. The molecule has 0 bridgehead atoms. The molecule has 2 heterocycles. The molecule has 4 rings (SSSR count). The first kappa shape index (κ1) is 23.1. The number of hydrogen-bond donors (Lipinski definition) is 1. The van der Waals surface area contributed by atoms with Crippen LogP contribution < -0.4 is 10.3 Å². The summed E-state index contributed by atoms with van der Waals surface area (Å²) >= 11 is 6.10. The summed E-state index contributed by atoms with van der Waals surface area (Å²) in [6.45, 7) is 3.57. The van der Waals surface area contributed by atoms with E-state index in [4.69, 9.17) is 11.6 Å². The molecule has 4 amide bonds. The zero-order valence-electron chi connectivity index (χ0n) is 18.5. The number of rotatable bonds is 4. The number of amides is 4. The number of hydrazine groups is 1. The van der Waals surface area contributed by atoms with Crippen LogP contribution >= 0.6 is 11.6 Å². The molecule has 0 aliphatic carbocycles. The summed E-state index contributed by atoms with van der Waals surface area (Å²) in [6.07, 6.45) is 2.59. The monoisotopic (exact) mass is 476 g/mol.